The van der Waals surface area contributed by atoms with E-state index in [0.29, 0.717) is 61.9 Å². The van der Waals surface area contributed by atoms with E-state index in [1.807, 2.05) is 0 Å². The van der Waals surface area contributed by atoms with Crippen LogP contribution in [0.4, 0.5) is 0 Å². The van der Waals surface area contributed by atoms with E-state index < -0.39 is 5.97 Å². The molecule has 1 aliphatic rings. The zero-order valence-corrected chi connectivity index (χ0v) is 17.3. The highest BCUT2D eigenvalue weighted by atomic mass is 16.5. The van der Waals surface area contributed by atoms with Crippen LogP contribution in [0.15, 0.2) is 48.5 Å². The molecule has 7 heteroatoms. The van der Waals surface area contributed by atoms with Crippen molar-refractivity contribution < 1.29 is 29.3 Å². The van der Waals surface area contributed by atoms with Crippen LogP contribution >= 0.6 is 0 Å². The summed E-state index contributed by atoms with van der Waals surface area (Å²) in [7, 11) is 0. The first-order valence-electron chi connectivity index (χ1n) is 10.5. The Morgan fingerprint density at radius 2 is 1.52 bits per heavy atom. The number of ketones is 1. The number of phenols is 1. The second kappa shape index (κ2) is 10.6. The van der Waals surface area contributed by atoms with Gasteiger partial charge in [-0.15, -0.1) is 0 Å². The number of nitrogens with one attached hydrogen (secondary N) is 1. The summed E-state index contributed by atoms with van der Waals surface area (Å²) in [5.74, 6) is -0.480. The number of ether oxygens (including phenoxy) is 1. The molecule has 7 nitrogen and oxygen atoms in total. The average Bonchev–Trinajstić information content (AvgIpc) is 2.78. The molecule has 0 aromatic heterocycles. The van der Waals surface area contributed by atoms with Crippen LogP contribution in [0, 0.1) is 5.92 Å². The van der Waals surface area contributed by atoms with Crippen LogP contribution in [-0.2, 0) is 4.79 Å². The van der Waals surface area contributed by atoms with Crippen LogP contribution in [0.25, 0.3) is 0 Å². The Morgan fingerprint density at radius 1 is 0.903 bits per heavy atom. The SMILES string of the molecule is O=C(CCCNC(=O)c1ccc(O)cc1)c1ccc(OC2CCC(C(=O)O)CC2)cc1. The van der Waals surface area contributed by atoms with Crippen molar-refractivity contribution in [1.29, 1.82) is 0 Å². The molecule has 0 radical (unpaired) electrons. The summed E-state index contributed by atoms with van der Waals surface area (Å²) >= 11 is 0. The summed E-state index contributed by atoms with van der Waals surface area (Å²) in [6, 6.07) is 13.0. The minimum Gasteiger partial charge on any atom is -0.508 e. The number of aliphatic carboxylic acids is 1. The molecule has 164 valence electrons. The third-order valence-corrected chi connectivity index (χ3v) is 5.50. The molecular formula is C24H27NO6. The molecule has 1 aliphatic carbocycles. The molecule has 0 aliphatic heterocycles. The number of hydrogen-bond donors (Lipinski definition) is 3. The number of benzene rings is 2. The fourth-order valence-electron chi connectivity index (χ4n) is 3.65. The minimum atomic E-state index is -0.735. The number of carbonyl (C=O) groups is 3. The summed E-state index contributed by atoms with van der Waals surface area (Å²) in [6.07, 6.45) is 3.53. The van der Waals surface area contributed by atoms with E-state index >= 15 is 0 Å². The van der Waals surface area contributed by atoms with E-state index in [-0.39, 0.29) is 29.5 Å². The van der Waals surface area contributed by atoms with Crippen molar-refractivity contribution in [2.24, 2.45) is 5.92 Å². The molecule has 3 rings (SSSR count). The lowest BCUT2D eigenvalue weighted by Crippen LogP contribution is -2.27. The molecule has 3 N–H and O–H groups in total. The Bertz CT molecular complexity index is 899. The van der Waals surface area contributed by atoms with Gasteiger partial charge in [0.2, 0.25) is 0 Å². The Kier molecular flexibility index (Phi) is 7.65. The van der Waals surface area contributed by atoms with Crippen LogP contribution in [0.2, 0.25) is 0 Å². The predicted octanol–water partition coefficient (Wildman–Crippen LogP) is 3.81. The lowest BCUT2D eigenvalue weighted by atomic mass is 9.87. The summed E-state index contributed by atoms with van der Waals surface area (Å²) in [5, 5.41) is 21.1. The maximum absolute atomic E-state index is 12.4. The van der Waals surface area contributed by atoms with Crippen molar-refractivity contribution in [2.45, 2.75) is 44.6 Å². The Balaban J connectivity index is 1.38. The summed E-state index contributed by atoms with van der Waals surface area (Å²) in [4.78, 5) is 35.4. The Hall–Kier alpha value is -3.35. The summed E-state index contributed by atoms with van der Waals surface area (Å²) in [5.41, 5.74) is 1.04. The molecule has 2 aromatic rings. The molecule has 0 spiro atoms. The number of rotatable bonds is 9. The molecule has 0 heterocycles. The van der Waals surface area contributed by atoms with Crippen LogP contribution in [0.1, 0.15) is 59.2 Å². The number of hydrogen-bond acceptors (Lipinski definition) is 5. The molecule has 0 atom stereocenters. The first-order chi connectivity index (χ1) is 14.9. The van der Waals surface area contributed by atoms with E-state index in [9.17, 15) is 19.5 Å². The van der Waals surface area contributed by atoms with Crippen LogP contribution < -0.4 is 10.1 Å². The normalized spacial score (nSPS) is 18.2. The van der Waals surface area contributed by atoms with Gasteiger partial charge in [0.05, 0.1) is 12.0 Å². The van der Waals surface area contributed by atoms with Crippen molar-refractivity contribution in [1.82, 2.24) is 5.32 Å². The molecule has 1 amide bonds. The largest absolute Gasteiger partial charge is 0.508 e. The molecule has 0 bridgehead atoms. The maximum atomic E-state index is 12.4. The van der Waals surface area contributed by atoms with Gasteiger partial charge in [0.15, 0.2) is 5.78 Å². The second-order valence-corrected chi connectivity index (χ2v) is 7.78. The minimum absolute atomic E-state index is 0.00704. The lowest BCUT2D eigenvalue weighted by Gasteiger charge is -2.26. The van der Waals surface area contributed by atoms with Gasteiger partial charge in [-0.25, -0.2) is 0 Å². The lowest BCUT2D eigenvalue weighted by molar-refractivity contribution is -0.143. The van der Waals surface area contributed by atoms with Crippen LogP contribution in [-0.4, -0.2) is 40.5 Å². The number of carboxylic acids is 1. The molecular weight excluding hydrogens is 398 g/mol. The first-order valence-corrected chi connectivity index (χ1v) is 10.5. The maximum Gasteiger partial charge on any atom is 0.306 e. The van der Waals surface area contributed by atoms with Gasteiger partial charge in [-0.2, -0.15) is 0 Å². The van der Waals surface area contributed by atoms with Crippen molar-refractivity contribution in [3.63, 3.8) is 0 Å². The molecule has 0 saturated heterocycles. The zero-order valence-electron chi connectivity index (χ0n) is 17.3. The molecule has 1 fully saturated rings. The summed E-state index contributed by atoms with van der Waals surface area (Å²) < 4.78 is 5.93. The Morgan fingerprint density at radius 3 is 2.13 bits per heavy atom. The third-order valence-electron chi connectivity index (χ3n) is 5.50. The van der Waals surface area contributed by atoms with Gasteiger partial charge in [0, 0.05) is 24.1 Å². The van der Waals surface area contributed by atoms with Gasteiger partial charge in [-0.05, 0) is 80.6 Å². The van der Waals surface area contributed by atoms with Gasteiger partial charge >= 0.3 is 5.97 Å². The van der Waals surface area contributed by atoms with Crippen LogP contribution in [0.3, 0.4) is 0 Å². The molecule has 1 saturated carbocycles. The fraction of sp³-hybridized carbons (Fsp3) is 0.375. The van der Waals surface area contributed by atoms with E-state index in [1.54, 1.807) is 24.3 Å². The molecule has 31 heavy (non-hydrogen) atoms. The van der Waals surface area contributed by atoms with Gasteiger partial charge in [0.1, 0.15) is 11.5 Å². The van der Waals surface area contributed by atoms with E-state index in [0.717, 1.165) is 0 Å². The highest BCUT2D eigenvalue weighted by Gasteiger charge is 2.26. The zero-order chi connectivity index (χ0) is 22.2. The number of carboxylic acid groups (broad SMARTS) is 1. The number of carbonyl (C=O) groups excluding carboxylic acids is 2. The number of aromatic hydroxyl groups is 1. The summed E-state index contributed by atoms with van der Waals surface area (Å²) in [6.45, 7) is 0.381. The standard InChI is InChI=1S/C24H27NO6/c26-19-9-3-17(4-10-19)23(28)25-15-1-2-22(27)16-5-11-20(12-6-16)31-21-13-7-18(8-14-21)24(29)30/h3-6,9-12,18,21,26H,1-2,7-8,13-15H2,(H,25,28)(H,29,30). The highest BCUT2D eigenvalue weighted by molar-refractivity contribution is 5.96. The van der Waals surface area contributed by atoms with Crippen molar-refractivity contribution in [3.8, 4) is 11.5 Å². The second-order valence-electron chi connectivity index (χ2n) is 7.78. The van der Waals surface area contributed by atoms with Gasteiger partial charge < -0.3 is 20.3 Å². The topological polar surface area (TPSA) is 113 Å². The quantitative estimate of drug-likeness (QED) is 0.416. The van der Waals surface area contributed by atoms with Crippen molar-refractivity contribution in [3.05, 3.63) is 59.7 Å². The van der Waals surface area contributed by atoms with Gasteiger partial charge in [-0.1, -0.05) is 0 Å². The molecule has 0 unspecified atom stereocenters. The van der Waals surface area contributed by atoms with Crippen molar-refractivity contribution in [2.75, 3.05) is 6.54 Å². The highest BCUT2D eigenvalue weighted by Crippen LogP contribution is 2.28. The van der Waals surface area contributed by atoms with E-state index in [2.05, 4.69) is 5.32 Å². The van der Waals surface area contributed by atoms with Gasteiger partial charge in [0.25, 0.3) is 5.91 Å². The van der Waals surface area contributed by atoms with E-state index in [1.165, 1.54) is 24.3 Å². The molecule has 2 aromatic carbocycles. The number of amides is 1. The Labute approximate surface area is 181 Å². The monoisotopic (exact) mass is 425 g/mol. The first kappa shape index (κ1) is 22.3. The smallest absolute Gasteiger partial charge is 0.306 e. The predicted molar refractivity (Wildman–Crippen MR) is 114 cm³/mol. The third kappa shape index (κ3) is 6.57. The number of phenolic OH excluding ortho intramolecular Hbond substituents is 1. The van der Waals surface area contributed by atoms with Gasteiger partial charge in [-0.3, -0.25) is 14.4 Å². The fourth-order valence-corrected chi connectivity index (χ4v) is 3.65. The van der Waals surface area contributed by atoms with Crippen molar-refractivity contribution >= 4 is 17.7 Å². The van der Waals surface area contributed by atoms with E-state index in [4.69, 9.17) is 9.84 Å². The number of Topliss-reactive ketones (excluding diaryl/α,β-unsaturated/α-hetero) is 1. The van der Waals surface area contributed by atoms with Crippen LogP contribution in [0.5, 0.6) is 11.5 Å². The average molecular weight is 425 g/mol.